The van der Waals surface area contributed by atoms with Crippen LogP contribution in [0.2, 0.25) is 0 Å². The Morgan fingerprint density at radius 2 is 1.11 bits per heavy atom. The number of esters is 1. The molecule has 61 heavy (non-hydrogen) atoms. The van der Waals surface area contributed by atoms with E-state index in [9.17, 15) is 33.3 Å². The number of hydrogen-bond donors (Lipinski definition) is 5. The fourth-order valence-corrected chi connectivity index (χ4v) is 18.6. The van der Waals surface area contributed by atoms with Crippen molar-refractivity contribution in [2.45, 2.75) is 194 Å². The van der Waals surface area contributed by atoms with Crippen molar-refractivity contribution >= 4 is 22.0 Å². The van der Waals surface area contributed by atoms with E-state index in [-0.39, 0.29) is 70.4 Å². The molecule has 0 radical (unpaired) electrons. The first-order valence-corrected chi connectivity index (χ1v) is 26.7. The zero-order valence-corrected chi connectivity index (χ0v) is 39.3. The normalized spacial score (nSPS) is 48.9. The molecule has 20 atom stereocenters. The molecule has 0 aromatic rings. The van der Waals surface area contributed by atoms with Gasteiger partial charge >= 0.3 is 5.97 Å². The number of amides is 1. The molecule has 0 spiro atoms. The van der Waals surface area contributed by atoms with Gasteiger partial charge < -0.3 is 25.4 Å². The van der Waals surface area contributed by atoms with Crippen LogP contribution in [-0.4, -0.2) is 76.9 Å². The number of carbonyl (C=O) groups excluding carboxylic acids is 2. The van der Waals surface area contributed by atoms with E-state index in [1.807, 2.05) is 0 Å². The van der Waals surface area contributed by atoms with E-state index in [0.29, 0.717) is 77.9 Å². The summed E-state index contributed by atoms with van der Waals surface area (Å²) >= 11 is 0. The van der Waals surface area contributed by atoms with E-state index in [1.165, 1.54) is 19.3 Å². The Bertz CT molecular complexity index is 1720. The van der Waals surface area contributed by atoms with Gasteiger partial charge in [0.15, 0.2) is 0 Å². The van der Waals surface area contributed by atoms with Crippen LogP contribution in [0.25, 0.3) is 0 Å². The Kier molecular flexibility index (Phi) is 13.0. The number of ether oxygens (including phenoxy) is 1. The second-order valence-electron chi connectivity index (χ2n) is 24.0. The number of carbonyl (C=O) groups is 2. The molecule has 5 N–H and O–H groups in total. The highest BCUT2D eigenvalue weighted by Crippen LogP contribution is 2.70. The predicted octanol–water partition coefficient (Wildman–Crippen LogP) is 8.36. The molecular weight excluding hydrogens is 791 g/mol. The fraction of sp³-hybridized carbons (Fsp3) is 0.960. The molecule has 8 rings (SSSR count). The summed E-state index contributed by atoms with van der Waals surface area (Å²) in [6, 6.07) is 0. The van der Waals surface area contributed by atoms with Gasteiger partial charge in [-0.2, -0.15) is 8.42 Å². The molecule has 10 nitrogen and oxygen atoms in total. The van der Waals surface area contributed by atoms with Gasteiger partial charge in [-0.15, -0.1) is 0 Å². The number of fused-ring (bicyclic) bond motifs is 10. The molecule has 348 valence electrons. The summed E-state index contributed by atoms with van der Waals surface area (Å²) in [5.41, 5.74) is 0.588. The van der Waals surface area contributed by atoms with Crippen molar-refractivity contribution in [2.24, 2.45) is 92.7 Å². The number of aliphatic hydroxyl groups excluding tert-OH is 3. The quantitative estimate of drug-likeness (QED) is 0.0956. The topological polar surface area (TPSA) is 170 Å². The summed E-state index contributed by atoms with van der Waals surface area (Å²) in [5.74, 6) is 4.26. The van der Waals surface area contributed by atoms with Crippen LogP contribution in [0.3, 0.4) is 0 Å². The zero-order chi connectivity index (χ0) is 43.9. The van der Waals surface area contributed by atoms with Gasteiger partial charge in [-0.1, -0.05) is 41.5 Å². The maximum absolute atomic E-state index is 14.2. The van der Waals surface area contributed by atoms with Crippen LogP contribution in [0.1, 0.15) is 170 Å². The lowest BCUT2D eigenvalue weighted by atomic mass is 9.43. The number of rotatable bonds is 12. The van der Waals surface area contributed by atoms with Crippen LogP contribution in [0.5, 0.6) is 0 Å². The summed E-state index contributed by atoms with van der Waals surface area (Å²) in [6.45, 7) is 14.5. The van der Waals surface area contributed by atoms with Gasteiger partial charge in [0, 0.05) is 25.3 Å². The van der Waals surface area contributed by atoms with Gasteiger partial charge in [0.1, 0.15) is 6.10 Å². The first kappa shape index (κ1) is 46.3. The lowest BCUT2D eigenvalue weighted by Gasteiger charge is -2.62. The minimum atomic E-state index is -4.12. The molecular formula is C50H83NO9S. The number of aliphatic hydroxyl groups is 3. The molecule has 0 bridgehead atoms. The van der Waals surface area contributed by atoms with Gasteiger partial charge in [-0.3, -0.25) is 14.1 Å². The Hall–Kier alpha value is -1.27. The Morgan fingerprint density at radius 1 is 0.639 bits per heavy atom. The Balaban J connectivity index is 0.918. The summed E-state index contributed by atoms with van der Waals surface area (Å²) in [5, 5.41) is 35.8. The van der Waals surface area contributed by atoms with Crippen LogP contribution in [0.15, 0.2) is 0 Å². The second kappa shape index (κ2) is 17.2. The summed E-state index contributed by atoms with van der Waals surface area (Å²) in [6.07, 6.45) is 17.6. The van der Waals surface area contributed by atoms with E-state index >= 15 is 0 Å². The smallest absolute Gasteiger partial charge is 0.306 e. The average molecular weight is 874 g/mol. The summed E-state index contributed by atoms with van der Waals surface area (Å²) in [4.78, 5) is 26.9. The average Bonchev–Trinajstić information content (AvgIpc) is 3.73. The van der Waals surface area contributed by atoms with Crippen LogP contribution in [-0.2, 0) is 24.4 Å². The Labute approximate surface area is 368 Å². The number of hydrogen-bond acceptors (Lipinski definition) is 8. The maximum atomic E-state index is 14.2. The van der Waals surface area contributed by atoms with Crippen molar-refractivity contribution in [1.82, 2.24) is 5.32 Å². The van der Waals surface area contributed by atoms with Crippen molar-refractivity contribution in [3.8, 4) is 0 Å². The third-order valence-corrected chi connectivity index (χ3v) is 22.1. The fourth-order valence-electron chi connectivity index (χ4n) is 18.2. The van der Waals surface area contributed by atoms with Crippen LogP contribution in [0.4, 0.5) is 0 Å². The summed E-state index contributed by atoms with van der Waals surface area (Å²) < 4.78 is 38.1. The molecule has 8 saturated carbocycles. The molecule has 11 heteroatoms. The van der Waals surface area contributed by atoms with E-state index in [1.54, 1.807) is 0 Å². The van der Waals surface area contributed by atoms with E-state index in [0.717, 1.165) is 96.3 Å². The van der Waals surface area contributed by atoms with E-state index in [2.05, 4.69) is 46.9 Å². The third kappa shape index (κ3) is 8.43. The minimum absolute atomic E-state index is 0.0599. The molecule has 1 amide bonds. The molecule has 0 aromatic heterocycles. The zero-order valence-electron chi connectivity index (χ0n) is 38.5. The maximum Gasteiger partial charge on any atom is 0.306 e. The highest BCUT2D eigenvalue weighted by Gasteiger charge is 2.65. The SMILES string of the molecule is C[C@H](CCC(=O)NCCS(=O)(=O)O)[C@H]1CCC2[C@@H]3[C@@H](OC(=O)CC[C@@H](C)[C@H]4CCC5[C@@H]6[C@@H](O)CC7C[C@H](O)CC[C@]7(C)[C@H]6CC[C@@]54C)CC4C[C@H](O)CC[C@]4(C)[C@H]3CC[C@@]21C. The van der Waals surface area contributed by atoms with Crippen molar-refractivity contribution < 1.29 is 42.6 Å². The predicted molar refractivity (Wildman–Crippen MR) is 235 cm³/mol. The van der Waals surface area contributed by atoms with Gasteiger partial charge in [0.2, 0.25) is 5.91 Å². The second-order valence-corrected chi connectivity index (χ2v) is 25.6. The molecule has 8 aliphatic rings. The van der Waals surface area contributed by atoms with Crippen molar-refractivity contribution in [3.05, 3.63) is 0 Å². The van der Waals surface area contributed by atoms with Crippen molar-refractivity contribution in [1.29, 1.82) is 0 Å². The molecule has 0 aromatic carbocycles. The van der Waals surface area contributed by atoms with Gasteiger partial charge in [0.25, 0.3) is 10.1 Å². The lowest BCUT2D eigenvalue weighted by Crippen LogP contribution is -2.59. The highest BCUT2D eigenvalue weighted by atomic mass is 32.2. The van der Waals surface area contributed by atoms with Crippen molar-refractivity contribution in [2.75, 3.05) is 12.3 Å². The first-order valence-electron chi connectivity index (χ1n) is 25.1. The standard InChI is InChI=1S/C50H83NO9S/c1-29(7-13-43(55)51-23-24-61(57,58)59)35-10-12-38-46-40(18-22-50(35,38)6)48(4)20-16-34(53)26-32(48)28-42(46)60-44(56)14-8-30(2)36-9-11-37-45-39(17-21-49(36,37)5)47(3)19-15-33(52)25-31(47)27-41(45)54/h29-42,45-46,52-54H,7-28H2,1-6H3,(H,51,55)(H,57,58,59)/t29-,30-,31?,32?,33-,34-,35-,36-,37?,38?,39+,40+,41+,42+,45+,46+,47+,48+,49-,50-/m1/s1. The Morgan fingerprint density at radius 3 is 1.67 bits per heavy atom. The largest absolute Gasteiger partial charge is 0.462 e. The van der Waals surface area contributed by atoms with Crippen LogP contribution < -0.4 is 5.32 Å². The van der Waals surface area contributed by atoms with Gasteiger partial charge in [-0.25, -0.2) is 0 Å². The minimum Gasteiger partial charge on any atom is -0.462 e. The number of nitrogens with one attached hydrogen (secondary N) is 1. The molecule has 0 heterocycles. The molecule has 4 unspecified atom stereocenters. The van der Waals surface area contributed by atoms with Crippen LogP contribution >= 0.6 is 0 Å². The summed E-state index contributed by atoms with van der Waals surface area (Å²) in [7, 11) is -4.12. The monoisotopic (exact) mass is 874 g/mol. The van der Waals surface area contributed by atoms with Gasteiger partial charge in [0.05, 0.1) is 24.1 Å². The molecule has 0 aliphatic heterocycles. The molecule has 8 fully saturated rings. The third-order valence-electron chi connectivity index (χ3n) is 21.4. The van der Waals surface area contributed by atoms with E-state index < -0.39 is 15.9 Å². The lowest BCUT2D eigenvalue weighted by molar-refractivity contribution is -0.196. The highest BCUT2D eigenvalue weighted by molar-refractivity contribution is 7.85. The van der Waals surface area contributed by atoms with E-state index in [4.69, 9.17) is 9.29 Å². The molecule has 0 saturated heterocycles. The first-order chi connectivity index (χ1) is 28.7. The van der Waals surface area contributed by atoms with Crippen LogP contribution in [0, 0.1) is 92.7 Å². The van der Waals surface area contributed by atoms with Crippen molar-refractivity contribution in [3.63, 3.8) is 0 Å². The van der Waals surface area contributed by atoms with Gasteiger partial charge in [-0.05, 0) is 202 Å². The molecule has 8 aliphatic carbocycles.